The van der Waals surface area contributed by atoms with E-state index in [2.05, 4.69) is 11.1 Å². The fraction of sp³-hybridized carbons (Fsp3) is 0.263. The molecule has 0 saturated carbocycles. The molecular formula is C19H17Cl2N3O2. The maximum Gasteiger partial charge on any atom is 0.136 e. The standard InChI is InChI=1S/C19H17Cl2N3O2/c1-25-6-7-26-12-19-23-17-5-2-13(10-22)8-18(17)24(19)11-14-9-15(20)3-4-16(14)21/h2-5,8-9H,6-7,11-12H2,1H3. The summed E-state index contributed by atoms with van der Waals surface area (Å²) in [6, 6.07) is 12.9. The molecule has 5 nitrogen and oxygen atoms in total. The molecule has 0 radical (unpaired) electrons. The van der Waals surface area contributed by atoms with E-state index in [0.717, 1.165) is 22.4 Å². The van der Waals surface area contributed by atoms with Gasteiger partial charge in [0.2, 0.25) is 0 Å². The second-order valence-corrected chi connectivity index (χ2v) is 6.55. The van der Waals surface area contributed by atoms with E-state index in [1.165, 1.54) is 0 Å². The van der Waals surface area contributed by atoms with E-state index in [9.17, 15) is 5.26 Å². The van der Waals surface area contributed by atoms with Gasteiger partial charge in [0.1, 0.15) is 12.4 Å². The van der Waals surface area contributed by atoms with Crippen molar-refractivity contribution in [1.29, 1.82) is 5.26 Å². The molecule has 0 aliphatic heterocycles. The zero-order valence-corrected chi connectivity index (χ0v) is 15.7. The van der Waals surface area contributed by atoms with Gasteiger partial charge in [-0.1, -0.05) is 23.2 Å². The fourth-order valence-corrected chi connectivity index (χ4v) is 3.04. The molecular weight excluding hydrogens is 373 g/mol. The molecule has 0 aliphatic rings. The SMILES string of the molecule is COCCOCc1nc2ccc(C#N)cc2n1Cc1cc(Cl)ccc1Cl. The van der Waals surface area contributed by atoms with Crippen molar-refractivity contribution >= 4 is 34.2 Å². The molecule has 1 heterocycles. The summed E-state index contributed by atoms with van der Waals surface area (Å²) in [7, 11) is 1.63. The van der Waals surface area contributed by atoms with Gasteiger partial charge in [0.15, 0.2) is 0 Å². The quantitative estimate of drug-likeness (QED) is 0.560. The summed E-state index contributed by atoms with van der Waals surface area (Å²) in [6.07, 6.45) is 0. The van der Waals surface area contributed by atoms with Gasteiger partial charge in [0.05, 0.1) is 42.4 Å². The molecule has 26 heavy (non-hydrogen) atoms. The average Bonchev–Trinajstić information content (AvgIpc) is 2.98. The highest BCUT2D eigenvalue weighted by atomic mass is 35.5. The minimum absolute atomic E-state index is 0.331. The Balaban J connectivity index is 2.01. The van der Waals surface area contributed by atoms with Gasteiger partial charge in [-0.2, -0.15) is 5.26 Å². The highest BCUT2D eigenvalue weighted by molar-refractivity contribution is 6.33. The van der Waals surface area contributed by atoms with Crippen molar-refractivity contribution in [2.24, 2.45) is 0 Å². The molecule has 0 unspecified atom stereocenters. The predicted octanol–water partition coefficient (Wildman–Crippen LogP) is 4.43. The first-order valence-electron chi connectivity index (χ1n) is 8.02. The van der Waals surface area contributed by atoms with E-state index in [-0.39, 0.29) is 0 Å². The Morgan fingerprint density at radius 3 is 2.77 bits per heavy atom. The van der Waals surface area contributed by atoms with Crippen LogP contribution in [0.1, 0.15) is 17.0 Å². The molecule has 0 aliphatic carbocycles. The van der Waals surface area contributed by atoms with Crippen LogP contribution in [0.15, 0.2) is 36.4 Å². The van der Waals surface area contributed by atoms with Crippen molar-refractivity contribution in [1.82, 2.24) is 9.55 Å². The highest BCUT2D eigenvalue weighted by Crippen LogP contribution is 2.25. The number of ether oxygens (including phenoxy) is 2. The maximum atomic E-state index is 9.21. The Kier molecular flexibility index (Phi) is 6.12. The van der Waals surface area contributed by atoms with Gasteiger partial charge in [-0.25, -0.2) is 4.98 Å². The molecule has 0 fully saturated rings. The van der Waals surface area contributed by atoms with Crippen LogP contribution >= 0.6 is 23.2 Å². The van der Waals surface area contributed by atoms with Crippen LogP contribution in [0.4, 0.5) is 0 Å². The fourth-order valence-electron chi connectivity index (χ4n) is 2.67. The van der Waals surface area contributed by atoms with Crippen LogP contribution in [0, 0.1) is 11.3 Å². The summed E-state index contributed by atoms with van der Waals surface area (Å²) >= 11 is 12.4. The summed E-state index contributed by atoms with van der Waals surface area (Å²) < 4.78 is 12.7. The first kappa shape index (κ1) is 18.7. The summed E-state index contributed by atoms with van der Waals surface area (Å²) in [4.78, 5) is 4.65. The van der Waals surface area contributed by atoms with E-state index >= 15 is 0 Å². The summed E-state index contributed by atoms with van der Waals surface area (Å²) in [5.74, 6) is 0.752. The van der Waals surface area contributed by atoms with Crippen LogP contribution in [0.3, 0.4) is 0 Å². The molecule has 0 N–H and O–H groups in total. The normalized spacial score (nSPS) is 11.0. The van der Waals surface area contributed by atoms with Crippen molar-refractivity contribution in [3.8, 4) is 6.07 Å². The molecule has 0 atom stereocenters. The molecule has 2 aromatic carbocycles. The lowest BCUT2D eigenvalue weighted by atomic mass is 10.2. The van der Waals surface area contributed by atoms with Gasteiger partial charge < -0.3 is 14.0 Å². The maximum absolute atomic E-state index is 9.21. The van der Waals surface area contributed by atoms with Crippen LogP contribution in [-0.4, -0.2) is 29.9 Å². The lowest BCUT2D eigenvalue weighted by Crippen LogP contribution is -2.09. The molecule has 3 rings (SSSR count). The number of hydrogen-bond acceptors (Lipinski definition) is 4. The predicted molar refractivity (Wildman–Crippen MR) is 102 cm³/mol. The second kappa shape index (κ2) is 8.52. The minimum Gasteiger partial charge on any atom is -0.382 e. The van der Waals surface area contributed by atoms with Crippen molar-refractivity contribution in [2.45, 2.75) is 13.2 Å². The smallest absolute Gasteiger partial charge is 0.136 e. The number of nitriles is 1. The third-order valence-corrected chi connectivity index (χ3v) is 4.56. The number of rotatable bonds is 7. The van der Waals surface area contributed by atoms with E-state index in [0.29, 0.717) is 42.0 Å². The number of hydrogen-bond donors (Lipinski definition) is 0. The van der Waals surface area contributed by atoms with Crippen molar-refractivity contribution in [3.63, 3.8) is 0 Å². The third kappa shape index (κ3) is 4.17. The first-order chi connectivity index (χ1) is 12.6. The minimum atomic E-state index is 0.331. The first-order valence-corrected chi connectivity index (χ1v) is 8.78. The van der Waals surface area contributed by atoms with Gasteiger partial charge in [0.25, 0.3) is 0 Å². The topological polar surface area (TPSA) is 60.1 Å². The number of benzene rings is 2. The number of aromatic nitrogens is 2. The molecule has 0 saturated heterocycles. The van der Waals surface area contributed by atoms with Crippen molar-refractivity contribution in [3.05, 3.63) is 63.4 Å². The van der Waals surface area contributed by atoms with Gasteiger partial charge in [-0.3, -0.25) is 0 Å². The van der Waals surface area contributed by atoms with Gasteiger partial charge in [-0.05, 0) is 42.0 Å². The van der Waals surface area contributed by atoms with E-state index < -0.39 is 0 Å². The molecule has 1 aromatic heterocycles. The lowest BCUT2D eigenvalue weighted by molar-refractivity contribution is 0.0576. The van der Waals surface area contributed by atoms with Gasteiger partial charge in [-0.15, -0.1) is 0 Å². The largest absolute Gasteiger partial charge is 0.382 e. The summed E-state index contributed by atoms with van der Waals surface area (Å²) in [5, 5.41) is 10.4. The molecule has 0 amide bonds. The molecule has 0 spiro atoms. The second-order valence-electron chi connectivity index (χ2n) is 5.71. The Bertz CT molecular complexity index is 963. The number of imidazole rings is 1. The van der Waals surface area contributed by atoms with E-state index in [1.807, 2.05) is 22.8 Å². The molecule has 134 valence electrons. The Morgan fingerprint density at radius 2 is 2.00 bits per heavy atom. The lowest BCUT2D eigenvalue weighted by Gasteiger charge is -2.12. The zero-order valence-electron chi connectivity index (χ0n) is 14.2. The zero-order chi connectivity index (χ0) is 18.5. The number of methoxy groups -OCH3 is 1. The van der Waals surface area contributed by atoms with Crippen LogP contribution in [-0.2, 0) is 22.6 Å². The monoisotopic (exact) mass is 389 g/mol. The Labute approximate surface area is 161 Å². The molecule has 7 heteroatoms. The number of halogens is 2. The van der Waals surface area contributed by atoms with Crippen LogP contribution in [0.2, 0.25) is 10.0 Å². The summed E-state index contributed by atoms with van der Waals surface area (Å²) in [5.41, 5.74) is 3.10. The van der Waals surface area contributed by atoms with E-state index in [1.54, 1.807) is 25.3 Å². The molecule has 0 bridgehead atoms. The summed E-state index contributed by atoms with van der Waals surface area (Å²) in [6.45, 7) is 1.80. The highest BCUT2D eigenvalue weighted by Gasteiger charge is 2.14. The van der Waals surface area contributed by atoms with Gasteiger partial charge >= 0.3 is 0 Å². The number of fused-ring (bicyclic) bond motifs is 1. The van der Waals surface area contributed by atoms with Crippen LogP contribution < -0.4 is 0 Å². The molecule has 3 aromatic rings. The van der Waals surface area contributed by atoms with Crippen molar-refractivity contribution < 1.29 is 9.47 Å². The third-order valence-electron chi connectivity index (χ3n) is 3.96. The average molecular weight is 390 g/mol. The van der Waals surface area contributed by atoms with Crippen LogP contribution in [0.25, 0.3) is 11.0 Å². The van der Waals surface area contributed by atoms with Crippen molar-refractivity contribution in [2.75, 3.05) is 20.3 Å². The van der Waals surface area contributed by atoms with Gasteiger partial charge in [0, 0.05) is 17.2 Å². The Morgan fingerprint density at radius 1 is 1.15 bits per heavy atom. The van der Waals surface area contributed by atoms with Crippen LogP contribution in [0.5, 0.6) is 0 Å². The Hall–Kier alpha value is -2.10. The number of nitrogens with zero attached hydrogens (tertiary/aromatic N) is 3. The van der Waals surface area contributed by atoms with E-state index in [4.69, 9.17) is 32.7 Å².